The van der Waals surface area contributed by atoms with Gasteiger partial charge in [-0.2, -0.15) is 0 Å². The van der Waals surface area contributed by atoms with E-state index in [9.17, 15) is 0 Å². The Morgan fingerprint density at radius 1 is 0.875 bits per heavy atom. The minimum atomic E-state index is 1.18. The first-order chi connectivity index (χ1) is 7.93. The highest BCUT2D eigenvalue weighted by atomic mass is 15.0. The molecule has 0 saturated heterocycles. The fraction of sp³-hybridized carbons (Fsp3) is 0. The smallest absolute Gasteiger partial charge is 0.123 e. The molecule has 0 amide bonds. The van der Waals surface area contributed by atoms with E-state index in [-0.39, 0.29) is 0 Å². The lowest BCUT2D eigenvalue weighted by atomic mass is 10.2. The quantitative estimate of drug-likeness (QED) is 0.454. The maximum absolute atomic E-state index is 3.46. The molecule has 1 N–H and O–H groups in total. The number of fused-ring (bicyclic) bond motifs is 5. The maximum Gasteiger partial charge on any atom is 0.123 e. The van der Waals surface area contributed by atoms with Crippen molar-refractivity contribution in [3.8, 4) is 0 Å². The molecule has 3 heterocycles. The van der Waals surface area contributed by atoms with Crippen molar-refractivity contribution in [2.75, 3.05) is 0 Å². The molecule has 0 fully saturated rings. The molecule has 0 bridgehead atoms. The van der Waals surface area contributed by atoms with Gasteiger partial charge in [-0.1, -0.05) is 24.3 Å². The Labute approximate surface area is 92.1 Å². The van der Waals surface area contributed by atoms with Crippen LogP contribution in [0.2, 0.25) is 0 Å². The van der Waals surface area contributed by atoms with Gasteiger partial charge in [0.15, 0.2) is 0 Å². The molecule has 16 heavy (non-hydrogen) atoms. The van der Waals surface area contributed by atoms with Crippen molar-refractivity contribution in [2.45, 2.75) is 0 Å². The van der Waals surface area contributed by atoms with Crippen LogP contribution in [0, 0.1) is 0 Å². The van der Waals surface area contributed by atoms with Gasteiger partial charge in [-0.3, -0.25) is 0 Å². The van der Waals surface area contributed by atoms with Gasteiger partial charge in [0, 0.05) is 28.0 Å². The minimum absolute atomic E-state index is 1.18. The number of benzene rings is 1. The van der Waals surface area contributed by atoms with E-state index in [0.717, 1.165) is 0 Å². The second kappa shape index (κ2) is 2.67. The molecule has 2 heteroatoms. The van der Waals surface area contributed by atoms with Gasteiger partial charge in [-0.25, -0.2) is 0 Å². The highest BCUT2D eigenvalue weighted by Gasteiger charge is 2.07. The molecule has 0 aliphatic heterocycles. The van der Waals surface area contributed by atoms with Crippen LogP contribution in [0.4, 0.5) is 0 Å². The van der Waals surface area contributed by atoms with Gasteiger partial charge in [0.05, 0.1) is 0 Å². The van der Waals surface area contributed by atoms with Crippen LogP contribution in [0.1, 0.15) is 0 Å². The maximum atomic E-state index is 3.46. The lowest BCUT2D eigenvalue weighted by Crippen LogP contribution is -1.81. The van der Waals surface area contributed by atoms with E-state index in [1.165, 1.54) is 27.5 Å². The summed E-state index contributed by atoms with van der Waals surface area (Å²) in [7, 11) is 0. The third-order valence-electron chi connectivity index (χ3n) is 3.15. The number of pyridine rings is 1. The van der Waals surface area contributed by atoms with E-state index in [2.05, 4.69) is 64.1 Å². The molecule has 4 aromatic rings. The summed E-state index contributed by atoms with van der Waals surface area (Å²) in [6.07, 6.45) is 2.09. The molecule has 2 nitrogen and oxygen atoms in total. The summed E-state index contributed by atoms with van der Waals surface area (Å²) in [5.74, 6) is 0. The van der Waals surface area contributed by atoms with Crippen LogP contribution in [0.25, 0.3) is 27.5 Å². The second-order valence-electron chi connectivity index (χ2n) is 4.07. The molecule has 76 valence electrons. The van der Waals surface area contributed by atoms with Crippen LogP contribution in [0.3, 0.4) is 0 Å². The van der Waals surface area contributed by atoms with Crippen LogP contribution in [-0.4, -0.2) is 9.38 Å². The number of H-pyrrole nitrogens is 1. The number of nitrogens with one attached hydrogen (secondary N) is 1. The van der Waals surface area contributed by atoms with Crippen molar-refractivity contribution in [2.24, 2.45) is 0 Å². The molecular weight excluding hydrogens is 196 g/mol. The fourth-order valence-corrected chi connectivity index (χ4v) is 2.41. The summed E-state index contributed by atoms with van der Waals surface area (Å²) >= 11 is 0. The number of hydrogen-bond donors (Lipinski definition) is 1. The molecule has 4 rings (SSSR count). The summed E-state index contributed by atoms with van der Waals surface area (Å²) in [5, 5.41) is 2.59. The van der Waals surface area contributed by atoms with Crippen molar-refractivity contribution in [1.29, 1.82) is 0 Å². The lowest BCUT2D eigenvalue weighted by Gasteiger charge is -1.93. The predicted octanol–water partition coefficient (Wildman–Crippen LogP) is 3.57. The zero-order valence-corrected chi connectivity index (χ0v) is 8.64. The Morgan fingerprint density at radius 3 is 2.75 bits per heavy atom. The molecule has 1 aromatic carbocycles. The topological polar surface area (TPSA) is 20.2 Å². The van der Waals surface area contributed by atoms with E-state index in [4.69, 9.17) is 0 Å². The molecule has 0 atom stereocenters. The Balaban J connectivity index is 2.35. The standard InChI is InChI=1S/C14H10N2/c1-2-7-13-11(6-1)12-9-10-5-3-4-8-16(10)14(12)15-13/h1-9,15H. The van der Waals surface area contributed by atoms with Crippen molar-refractivity contribution in [3.05, 3.63) is 54.7 Å². The average molecular weight is 206 g/mol. The van der Waals surface area contributed by atoms with Crippen molar-refractivity contribution < 1.29 is 0 Å². The number of para-hydroxylation sites is 1. The third kappa shape index (κ3) is 0.865. The SMILES string of the molecule is c1ccc2c(c1)[nH]c1c2cc2ccccn21. The largest absolute Gasteiger partial charge is 0.340 e. The molecule has 0 radical (unpaired) electrons. The van der Waals surface area contributed by atoms with Gasteiger partial charge in [-0.15, -0.1) is 0 Å². The molecule has 0 unspecified atom stereocenters. The zero-order valence-electron chi connectivity index (χ0n) is 8.64. The van der Waals surface area contributed by atoms with Gasteiger partial charge < -0.3 is 9.38 Å². The first-order valence-corrected chi connectivity index (χ1v) is 5.40. The van der Waals surface area contributed by atoms with Gasteiger partial charge in [0.25, 0.3) is 0 Å². The summed E-state index contributed by atoms with van der Waals surface area (Å²) in [6.45, 7) is 0. The Hall–Kier alpha value is -2.22. The van der Waals surface area contributed by atoms with Crippen molar-refractivity contribution in [1.82, 2.24) is 9.38 Å². The van der Waals surface area contributed by atoms with E-state index >= 15 is 0 Å². The van der Waals surface area contributed by atoms with Crippen LogP contribution in [0.15, 0.2) is 54.7 Å². The number of nitrogens with zero attached hydrogens (tertiary/aromatic N) is 1. The van der Waals surface area contributed by atoms with Gasteiger partial charge in [-0.05, 0) is 24.3 Å². The Morgan fingerprint density at radius 2 is 1.75 bits per heavy atom. The molecular formula is C14H10N2. The number of aromatic amines is 1. The molecule has 0 saturated carbocycles. The van der Waals surface area contributed by atoms with Crippen LogP contribution in [0.5, 0.6) is 0 Å². The third-order valence-corrected chi connectivity index (χ3v) is 3.15. The minimum Gasteiger partial charge on any atom is -0.340 e. The summed E-state index contributed by atoms with van der Waals surface area (Å²) in [5.41, 5.74) is 3.61. The first kappa shape index (κ1) is 7.99. The van der Waals surface area contributed by atoms with Gasteiger partial charge in [0.1, 0.15) is 5.65 Å². The van der Waals surface area contributed by atoms with E-state index < -0.39 is 0 Å². The second-order valence-corrected chi connectivity index (χ2v) is 4.07. The highest BCUT2D eigenvalue weighted by Crippen LogP contribution is 2.27. The number of aromatic nitrogens is 2. The first-order valence-electron chi connectivity index (χ1n) is 5.40. The van der Waals surface area contributed by atoms with Crippen molar-refractivity contribution >= 4 is 27.5 Å². The van der Waals surface area contributed by atoms with E-state index in [1.807, 2.05) is 0 Å². The van der Waals surface area contributed by atoms with E-state index in [0.29, 0.717) is 0 Å². The normalized spacial score (nSPS) is 11.8. The van der Waals surface area contributed by atoms with Crippen LogP contribution < -0.4 is 0 Å². The molecule has 0 aliphatic rings. The predicted molar refractivity (Wildman–Crippen MR) is 66.8 cm³/mol. The van der Waals surface area contributed by atoms with Crippen LogP contribution in [-0.2, 0) is 0 Å². The Bertz CT molecular complexity index is 735. The summed E-state index contributed by atoms with van der Waals surface area (Å²) in [6, 6.07) is 16.9. The molecule has 3 aromatic heterocycles. The van der Waals surface area contributed by atoms with E-state index in [1.54, 1.807) is 0 Å². The number of hydrogen-bond acceptors (Lipinski definition) is 0. The average Bonchev–Trinajstić information content (AvgIpc) is 2.85. The Kier molecular flexibility index (Phi) is 1.33. The monoisotopic (exact) mass is 206 g/mol. The number of rotatable bonds is 0. The van der Waals surface area contributed by atoms with Gasteiger partial charge in [0.2, 0.25) is 0 Å². The van der Waals surface area contributed by atoms with Crippen LogP contribution >= 0.6 is 0 Å². The molecule has 0 spiro atoms. The summed E-state index contributed by atoms with van der Waals surface area (Å²) in [4.78, 5) is 3.46. The summed E-state index contributed by atoms with van der Waals surface area (Å²) < 4.78 is 2.19. The molecule has 0 aliphatic carbocycles. The fourth-order valence-electron chi connectivity index (χ4n) is 2.41. The van der Waals surface area contributed by atoms with Gasteiger partial charge >= 0.3 is 0 Å². The van der Waals surface area contributed by atoms with Crippen molar-refractivity contribution in [3.63, 3.8) is 0 Å². The zero-order chi connectivity index (χ0) is 10.5. The lowest BCUT2D eigenvalue weighted by molar-refractivity contribution is 1.22. The highest BCUT2D eigenvalue weighted by molar-refractivity contribution is 6.08.